The van der Waals surface area contributed by atoms with Gasteiger partial charge in [-0.3, -0.25) is 0 Å². The molecular formula is C12H9IN2O. The van der Waals surface area contributed by atoms with Crippen LogP contribution in [0.15, 0.2) is 57.3 Å². The molecule has 0 unspecified atom stereocenters. The van der Waals surface area contributed by atoms with Crippen molar-refractivity contribution in [2.45, 2.75) is 0 Å². The first-order valence-corrected chi connectivity index (χ1v) is 5.78. The third kappa shape index (κ3) is 3.30. The number of hydrogen-bond acceptors (Lipinski definition) is 3. The van der Waals surface area contributed by atoms with E-state index in [1.54, 1.807) is 18.7 Å². The van der Waals surface area contributed by atoms with Gasteiger partial charge in [-0.25, -0.2) is 0 Å². The van der Waals surface area contributed by atoms with Gasteiger partial charge in [-0.05, 0) is 52.4 Å². The molecule has 0 radical (unpaired) electrons. The van der Waals surface area contributed by atoms with E-state index in [-0.39, 0.29) is 0 Å². The minimum Gasteiger partial charge on any atom is -0.463 e. The van der Waals surface area contributed by atoms with Crippen molar-refractivity contribution in [3.63, 3.8) is 0 Å². The second-order valence-corrected chi connectivity index (χ2v) is 4.30. The van der Waals surface area contributed by atoms with E-state index in [4.69, 9.17) is 4.42 Å². The lowest BCUT2D eigenvalue weighted by Gasteiger charge is -1.90. The third-order valence-corrected chi connectivity index (χ3v) is 2.59. The summed E-state index contributed by atoms with van der Waals surface area (Å²) in [5.41, 5.74) is 1.03. The minimum atomic E-state index is 0.694. The highest BCUT2D eigenvalue weighted by molar-refractivity contribution is 14.1. The zero-order valence-corrected chi connectivity index (χ0v) is 10.5. The lowest BCUT2D eigenvalue weighted by Crippen LogP contribution is -1.80. The molecule has 4 heteroatoms. The number of nitrogens with zero attached hydrogens (tertiary/aromatic N) is 2. The molecular weight excluding hydrogens is 315 g/mol. The SMILES string of the molecule is Ic1ccc(/C=N\N=C\c2ccco2)cc1. The fraction of sp³-hybridized carbons (Fsp3) is 0. The molecule has 2 aromatic rings. The Hall–Kier alpha value is -1.43. The van der Waals surface area contributed by atoms with Gasteiger partial charge in [-0.1, -0.05) is 12.1 Å². The molecule has 16 heavy (non-hydrogen) atoms. The molecule has 1 aromatic carbocycles. The van der Waals surface area contributed by atoms with Crippen molar-refractivity contribution in [2.75, 3.05) is 0 Å². The molecule has 0 N–H and O–H groups in total. The third-order valence-electron chi connectivity index (χ3n) is 1.87. The smallest absolute Gasteiger partial charge is 0.146 e. The van der Waals surface area contributed by atoms with Gasteiger partial charge in [-0.2, -0.15) is 10.2 Å². The summed E-state index contributed by atoms with van der Waals surface area (Å²) in [6.45, 7) is 0. The molecule has 0 atom stereocenters. The van der Waals surface area contributed by atoms with Gasteiger partial charge in [0.2, 0.25) is 0 Å². The summed E-state index contributed by atoms with van der Waals surface area (Å²) in [4.78, 5) is 0. The van der Waals surface area contributed by atoms with E-state index in [0.29, 0.717) is 5.76 Å². The maximum Gasteiger partial charge on any atom is 0.146 e. The van der Waals surface area contributed by atoms with Gasteiger partial charge >= 0.3 is 0 Å². The lowest BCUT2D eigenvalue weighted by atomic mass is 10.2. The number of furan rings is 1. The zero-order chi connectivity index (χ0) is 11.2. The number of hydrogen-bond donors (Lipinski definition) is 0. The number of halogens is 1. The van der Waals surface area contributed by atoms with E-state index in [1.165, 1.54) is 3.57 Å². The van der Waals surface area contributed by atoms with E-state index in [1.807, 2.05) is 36.4 Å². The Balaban J connectivity index is 1.97. The summed E-state index contributed by atoms with van der Waals surface area (Å²) in [6, 6.07) is 11.7. The first kappa shape index (κ1) is 11.1. The highest BCUT2D eigenvalue weighted by Gasteiger charge is 1.88. The van der Waals surface area contributed by atoms with Crippen molar-refractivity contribution in [3.05, 3.63) is 57.6 Å². The van der Waals surface area contributed by atoms with E-state index in [0.717, 1.165) is 5.56 Å². The van der Waals surface area contributed by atoms with Crippen LogP contribution in [0.5, 0.6) is 0 Å². The van der Waals surface area contributed by atoms with Crippen molar-refractivity contribution < 1.29 is 4.42 Å². The van der Waals surface area contributed by atoms with E-state index in [2.05, 4.69) is 32.8 Å². The maximum absolute atomic E-state index is 5.08. The Morgan fingerprint density at radius 1 is 1.00 bits per heavy atom. The van der Waals surface area contributed by atoms with Crippen LogP contribution in [0.3, 0.4) is 0 Å². The lowest BCUT2D eigenvalue weighted by molar-refractivity contribution is 0.560. The first-order chi connectivity index (χ1) is 7.84. The Bertz CT molecular complexity index is 486. The fourth-order valence-corrected chi connectivity index (χ4v) is 1.46. The predicted molar refractivity (Wildman–Crippen MR) is 73.1 cm³/mol. The molecule has 0 fully saturated rings. The van der Waals surface area contributed by atoms with Crippen molar-refractivity contribution in [1.82, 2.24) is 0 Å². The van der Waals surface area contributed by atoms with E-state index < -0.39 is 0 Å². The minimum absolute atomic E-state index is 0.694. The monoisotopic (exact) mass is 324 g/mol. The molecule has 1 heterocycles. The van der Waals surface area contributed by atoms with Crippen LogP contribution in [0.1, 0.15) is 11.3 Å². The number of benzene rings is 1. The summed E-state index contributed by atoms with van der Waals surface area (Å²) in [5.74, 6) is 0.694. The fourth-order valence-electron chi connectivity index (χ4n) is 1.10. The van der Waals surface area contributed by atoms with Crippen LogP contribution in [-0.4, -0.2) is 12.4 Å². The summed E-state index contributed by atoms with van der Waals surface area (Å²) in [7, 11) is 0. The molecule has 3 nitrogen and oxygen atoms in total. The molecule has 0 bridgehead atoms. The largest absolute Gasteiger partial charge is 0.463 e. The topological polar surface area (TPSA) is 37.9 Å². The standard InChI is InChI=1S/C12H9IN2O/c13-11-5-3-10(4-6-11)8-14-15-9-12-2-1-7-16-12/h1-9H/b14-8-,15-9+. The molecule has 1 aromatic heterocycles. The Morgan fingerprint density at radius 3 is 2.44 bits per heavy atom. The summed E-state index contributed by atoms with van der Waals surface area (Å²) in [6.07, 6.45) is 4.88. The van der Waals surface area contributed by atoms with Crippen molar-refractivity contribution >= 4 is 35.0 Å². The van der Waals surface area contributed by atoms with Crippen LogP contribution in [0, 0.1) is 3.57 Å². The molecule has 0 aliphatic rings. The average Bonchev–Trinajstić information content (AvgIpc) is 2.80. The second kappa shape index (κ2) is 5.60. The summed E-state index contributed by atoms with van der Waals surface area (Å²) < 4.78 is 6.28. The molecule has 80 valence electrons. The summed E-state index contributed by atoms with van der Waals surface area (Å²) in [5, 5.41) is 7.81. The predicted octanol–water partition coefficient (Wildman–Crippen LogP) is 3.34. The zero-order valence-electron chi connectivity index (χ0n) is 8.38. The highest BCUT2D eigenvalue weighted by atomic mass is 127. The quantitative estimate of drug-likeness (QED) is 0.485. The van der Waals surface area contributed by atoms with Crippen LogP contribution in [-0.2, 0) is 0 Å². The van der Waals surface area contributed by atoms with Gasteiger partial charge in [0.05, 0.1) is 18.7 Å². The molecule has 0 saturated heterocycles. The molecule has 0 spiro atoms. The van der Waals surface area contributed by atoms with Crippen LogP contribution in [0.25, 0.3) is 0 Å². The molecule has 0 saturated carbocycles. The molecule has 0 aliphatic heterocycles. The van der Waals surface area contributed by atoms with Crippen LogP contribution < -0.4 is 0 Å². The van der Waals surface area contributed by atoms with Crippen LogP contribution in [0.2, 0.25) is 0 Å². The first-order valence-electron chi connectivity index (χ1n) is 4.70. The van der Waals surface area contributed by atoms with Gasteiger partial charge in [0.25, 0.3) is 0 Å². The number of rotatable bonds is 3. The molecule has 0 amide bonds. The van der Waals surface area contributed by atoms with Gasteiger partial charge < -0.3 is 4.42 Å². The highest BCUT2D eigenvalue weighted by Crippen LogP contribution is 2.04. The van der Waals surface area contributed by atoms with Gasteiger partial charge in [-0.15, -0.1) is 0 Å². The second-order valence-electron chi connectivity index (χ2n) is 3.06. The maximum atomic E-state index is 5.08. The molecule has 2 rings (SSSR count). The normalized spacial score (nSPS) is 11.6. The van der Waals surface area contributed by atoms with Crippen molar-refractivity contribution in [1.29, 1.82) is 0 Å². The van der Waals surface area contributed by atoms with Gasteiger partial charge in [0, 0.05) is 3.57 Å². The summed E-state index contributed by atoms with van der Waals surface area (Å²) >= 11 is 2.26. The van der Waals surface area contributed by atoms with Crippen molar-refractivity contribution in [2.24, 2.45) is 10.2 Å². The Labute approximate surface area is 107 Å². The Kier molecular flexibility index (Phi) is 3.87. The molecule has 0 aliphatic carbocycles. The average molecular weight is 324 g/mol. The van der Waals surface area contributed by atoms with Crippen LogP contribution >= 0.6 is 22.6 Å². The van der Waals surface area contributed by atoms with Gasteiger partial charge in [0.1, 0.15) is 5.76 Å². The van der Waals surface area contributed by atoms with Crippen molar-refractivity contribution in [3.8, 4) is 0 Å². The Morgan fingerprint density at radius 2 is 1.75 bits per heavy atom. The van der Waals surface area contributed by atoms with Gasteiger partial charge in [0.15, 0.2) is 0 Å². The van der Waals surface area contributed by atoms with Crippen LogP contribution in [0.4, 0.5) is 0 Å². The van der Waals surface area contributed by atoms with E-state index >= 15 is 0 Å². The van der Waals surface area contributed by atoms with E-state index in [9.17, 15) is 0 Å².